The van der Waals surface area contributed by atoms with E-state index in [1.165, 1.54) is 6.92 Å². The summed E-state index contributed by atoms with van der Waals surface area (Å²) in [5.41, 5.74) is 1.36. The average Bonchev–Trinajstić information content (AvgIpc) is 2.47. The summed E-state index contributed by atoms with van der Waals surface area (Å²) in [5, 5.41) is 8.87. The number of rotatable bonds is 4. The Bertz CT molecular complexity index is 522. The summed E-state index contributed by atoms with van der Waals surface area (Å²) in [4.78, 5) is 25.5. The molecule has 2 amide bonds. The lowest BCUT2D eigenvalue weighted by Gasteiger charge is -2.31. The molecule has 1 aromatic carbocycles. The molecule has 3 N–H and O–H groups in total. The molecule has 0 saturated carbocycles. The van der Waals surface area contributed by atoms with E-state index in [9.17, 15) is 9.59 Å². The van der Waals surface area contributed by atoms with E-state index >= 15 is 0 Å². The van der Waals surface area contributed by atoms with Gasteiger partial charge in [0.15, 0.2) is 0 Å². The quantitative estimate of drug-likeness (QED) is 0.762. The third kappa shape index (κ3) is 6.74. The zero-order chi connectivity index (χ0) is 15.2. The molecular formula is C15H24Cl2N4O2. The molecule has 0 spiro atoms. The Hall–Kier alpha value is -1.34. The van der Waals surface area contributed by atoms with Gasteiger partial charge in [0.2, 0.25) is 11.8 Å². The van der Waals surface area contributed by atoms with E-state index in [-0.39, 0.29) is 42.7 Å². The van der Waals surface area contributed by atoms with Crippen LogP contribution in [-0.2, 0) is 9.59 Å². The van der Waals surface area contributed by atoms with Crippen molar-refractivity contribution in [2.24, 2.45) is 0 Å². The van der Waals surface area contributed by atoms with Crippen LogP contribution in [0, 0.1) is 0 Å². The summed E-state index contributed by atoms with van der Waals surface area (Å²) in [7, 11) is 0. The molecule has 1 saturated heterocycles. The monoisotopic (exact) mass is 362 g/mol. The molecule has 23 heavy (non-hydrogen) atoms. The zero-order valence-electron chi connectivity index (χ0n) is 13.3. The van der Waals surface area contributed by atoms with Crippen molar-refractivity contribution in [2.75, 3.05) is 36.8 Å². The first-order chi connectivity index (χ1) is 10.1. The summed E-state index contributed by atoms with van der Waals surface area (Å²) in [5.74, 6) is -0.162. The van der Waals surface area contributed by atoms with Gasteiger partial charge in [-0.3, -0.25) is 14.5 Å². The second-order valence-electron chi connectivity index (χ2n) is 5.21. The van der Waals surface area contributed by atoms with Gasteiger partial charge in [0.05, 0.1) is 6.04 Å². The number of anilines is 2. The molecule has 1 atom stereocenters. The minimum Gasteiger partial charge on any atom is -0.326 e. The van der Waals surface area contributed by atoms with Crippen LogP contribution in [0.1, 0.15) is 13.8 Å². The van der Waals surface area contributed by atoms with Crippen LogP contribution < -0.4 is 16.0 Å². The summed E-state index contributed by atoms with van der Waals surface area (Å²) < 4.78 is 0. The van der Waals surface area contributed by atoms with Crippen molar-refractivity contribution in [1.29, 1.82) is 0 Å². The van der Waals surface area contributed by atoms with E-state index in [1.807, 2.05) is 13.0 Å². The highest BCUT2D eigenvalue weighted by atomic mass is 35.5. The molecule has 8 heteroatoms. The summed E-state index contributed by atoms with van der Waals surface area (Å²) in [6.45, 7) is 6.95. The van der Waals surface area contributed by atoms with Crippen LogP contribution >= 0.6 is 24.8 Å². The van der Waals surface area contributed by atoms with Gasteiger partial charge in [-0.05, 0) is 25.1 Å². The summed E-state index contributed by atoms with van der Waals surface area (Å²) in [6.07, 6.45) is 0. The van der Waals surface area contributed by atoms with E-state index in [1.54, 1.807) is 18.2 Å². The third-order valence-corrected chi connectivity index (χ3v) is 3.53. The number of carbonyl (C=O) groups is 2. The first kappa shape index (κ1) is 21.7. The standard InChI is InChI=1S/C15H22N4O2.2ClH/c1-11(19-8-6-16-7-9-19)15(21)18-14-5-3-4-13(10-14)17-12(2)20;;/h3-5,10-11,16H,6-9H2,1-2H3,(H,17,20)(H,18,21);2*1H. The van der Waals surface area contributed by atoms with Gasteiger partial charge in [0.1, 0.15) is 0 Å². The number of carbonyl (C=O) groups excluding carboxylic acids is 2. The molecule has 130 valence electrons. The van der Waals surface area contributed by atoms with Crippen LogP contribution in [-0.4, -0.2) is 48.9 Å². The van der Waals surface area contributed by atoms with E-state index in [2.05, 4.69) is 20.9 Å². The van der Waals surface area contributed by atoms with Gasteiger partial charge < -0.3 is 16.0 Å². The third-order valence-electron chi connectivity index (χ3n) is 3.53. The SMILES string of the molecule is CC(=O)Nc1cccc(NC(=O)C(C)N2CCNCC2)c1.Cl.Cl. The van der Waals surface area contributed by atoms with Crippen molar-refractivity contribution in [3.8, 4) is 0 Å². The number of benzene rings is 1. The number of halogens is 2. The van der Waals surface area contributed by atoms with Crippen molar-refractivity contribution in [3.05, 3.63) is 24.3 Å². The molecule has 1 aromatic rings. The Kier molecular flexibility index (Phi) is 9.83. The second kappa shape index (κ2) is 10.4. The first-order valence-electron chi connectivity index (χ1n) is 7.19. The highest BCUT2D eigenvalue weighted by molar-refractivity contribution is 5.96. The molecule has 1 heterocycles. The lowest BCUT2D eigenvalue weighted by atomic mass is 10.2. The van der Waals surface area contributed by atoms with Gasteiger partial charge in [0.25, 0.3) is 0 Å². The maximum Gasteiger partial charge on any atom is 0.241 e. The molecule has 0 bridgehead atoms. The number of nitrogens with zero attached hydrogens (tertiary/aromatic N) is 1. The van der Waals surface area contributed by atoms with Gasteiger partial charge in [-0.2, -0.15) is 0 Å². The number of hydrogen-bond acceptors (Lipinski definition) is 4. The van der Waals surface area contributed by atoms with Crippen LogP contribution in [0.5, 0.6) is 0 Å². The van der Waals surface area contributed by atoms with Crippen LogP contribution in [0.2, 0.25) is 0 Å². The van der Waals surface area contributed by atoms with Crippen molar-refractivity contribution < 1.29 is 9.59 Å². The predicted octanol–water partition coefficient (Wildman–Crippen LogP) is 1.72. The predicted molar refractivity (Wildman–Crippen MR) is 97.8 cm³/mol. The molecule has 1 aliphatic heterocycles. The molecule has 0 aromatic heterocycles. The van der Waals surface area contributed by atoms with Crippen LogP contribution in [0.25, 0.3) is 0 Å². The molecule has 1 unspecified atom stereocenters. The largest absolute Gasteiger partial charge is 0.326 e. The molecule has 2 rings (SSSR count). The Balaban J connectivity index is 0.00000242. The maximum atomic E-state index is 12.3. The van der Waals surface area contributed by atoms with E-state index in [0.717, 1.165) is 26.2 Å². The zero-order valence-corrected chi connectivity index (χ0v) is 14.9. The number of nitrogens with one attached hydrogen (secondary N) is 3. The summed E-state index contributed by atoms with van der Waals surface area (Å²) in [6, 6.07) is 6.99. The lowest BCUT2D eigenvalue weighted by Crippen LogP contribution is -2.51. The number of piperazine rings is 1. The van der Waals surface area contributed by atoms with Crippen molar-refractivity contribution >= 4 is 48.0 Å². The fraction of sp³-hybridized carbons (Fsp3) is 0.467. The topological polar surface area (TPSA) is 73.5 Å². The number of hydrogen-bond donors (Lipinski definition) is 3. The van der Waals surface area contributed by atoms with Gasteiger partial charge in [-0.15, -0.1) is 24.8 Å². The van der Waals surface area contributed by atoms with Gasteiger partial charge in [0, 0.05) is 44.5 Å². The van der Waals surface area contributed by atoms with Crippen LogP contribution in [0.4, 0.5) is 11.4 Å². The Morgan fingerprint density at radius 1 is 1.13 bits per heavy atom. The molecule has 0 aliphatic carbocycles. The normalized spacial score (nSPS) is 15.6. The van der Waals surface area contributed by atoms with Crippen molar-refractivity contribution in [1.82, 2.24) is 10.2 Å². The lowest BCUT2D eigenvalue weighted by molar-refractivity contribution is -0.121. The molecule has 1 aliphatic rings. The van der Waals surface area contributed by atoms with Crippen LogP contribution in [0.3, 0.4) is 0 Å². The van der Waals surface area contributed by atoms with Crippen molar-refractivity contribution in [3.63, 3.8) is 0 Å². The smallest absolute Gasteiger partial charge is 0.241 e. The fourth-order valence-corrected chi connectivity index (χ4v) is 2.36. The molecule has 6 nitrogen and oxygen atoms in total. The van der Waals surface area contributed by atoms with E-state index in [0.29, 0.717) is 11.4 Å². The average molecular weight is 363 g/mol. The summed E-state index contributed by atoms with van der Waals surface area (Å²) >= 11 is 0. The second-order valence-corrected chi connectivity index (χ2v) is 5.21. The molecule has 0 radical (unpaired) electrons. The number of amides is 2. The molecular weight excluding hydrogens is 339 g/mol. The minimum atomic E-state index is -0.170. The van der Waals surface area contributed by atoms with Gasteiger partial charge in [-0.1, -0.05) is 6.07 Å². The van der Waals surface area contributed by atoms with Crippen LogP contribution in [0.15, 0.2) is 24.3 Å². The Morgan fingerprint density at radius 3 is 2.26 bits per heavy atom. The highest BCUT2D eigenvalue weighted by Crippen LogP contribution is 2.16. The maximum absolute atomic E-state index is 12.3. The highest BCUT2D eigenvalue weighted by Gasteiger charge is 2.22. The fourth-order valence-electron chi connectivity index (χ4n) is 2.36. The van der Waals surface area contributed by atoms with Gasteiger partial charge >= 0.3 is 0 Å². The van der Waals surface area contributed by atoms with E-state index < -0.39 is 0 Å². The Labute approximate surface area is 149 Å². The first-order valence-corrected chi connectivity index (χ1v) is 7.19. The van der Waals surface area contributed by atoms with Crippen molar-refractivity contribution in [2.45, 2.75) is 19.9 Å². The molecule has 1 fully saturated rings. The van der Waals surface area contributed by atoms with E-state index in [4.69, 9.17) is 0 Å². The minimum absolute atomic E-state index is 0. The van der Waals surface area contributed by atoms with Gasteiger partial charge in [-0.25, -0.2) is 0 Å². The Morgan fingerprint density at radius 2 is 1.70 bits per heavy atom.